The fourth-order valence-electron chi connectivity index (χ4n) is 6.83. The van der Waals surface area contributed by atoms with E-state index in [1.165, 1.54) is 0 Å². The van der Waals surface area contributed by atoms with E-state index in [-0.39, 0.29) is 42.0 Å². The minimum absolute atomic E-state index is 0.000244. The maximum Gasteiger partial charge on any atom is 0.255 e. The van der Waals surface area contributed by atoms with Crippen molar-refractivity contribution in [3.63, 3.8) is 0 Å². The molecule has 0 spiro atoms. The van der Waals surface area contributed by atoms with E-state index in [9.17, 15) is 19.2 Å². The SMILES string of the molecule is COC1(C(=O)N2CC(=O)C3C2CCN3C(=O)C(CC(C)C)NC(=O)c2ccc(N3CCOCC3)cc2)CCCC1. The molecule has 0 aromatic heterocycles. The number of anilines is 1. The summed E-state index contributed by atoms with van der Waals surface area (Å²) in [5, 5.41) is 2.95. The number of methoxy groups -OCH3 is 1. The van der Waals surface area contributed by atoms with Crippen LogP contribution in [0.25, 0.3) is 0 Å². The Morgan fingerprint density at radius 2 is 1.73 bits per heavy atom. The number of carbonyl (C=O) groups is 4. The van der Waals surface area contributed by atoms with Gasteiger partial charge in [0, 0.05) is 38.0 Å². The lowest BCUT2D eigenvalue weighted by Gasteiger charge is -2.33. The van der Waals surface area contributed by atoms with E-state index in [1.54, 1.807) is 29.0 Å². The Morgan fingerprint density at radius 3 is 2.35 bits per heavy atom. The van der Waals surface area contributed by atoms with Crippen molar-refractivity contribution in [3.05, 3.63) is 29.8 Å². The summed E-state index contributed by atoms with van der Waals surface area (Å²) >= 11 is 0. The molecule has 3 atom stereocenters. The first-order chi connectivity index (χ1) is 19.2. The quantitative estimate of drug-likeness (QED) is 0.524. The molecule has 4 fully saturated rings. The Bertz CT molecular complexity index is 1110. The number of hydrogen-bond acceptors (Lipinski definition) is 7. The highest BCUT2D eigenvalue weighted by Crippen LogP contribution is 2.38. The normalized spacial score (nSPS) is 24.9. The van der Waals surface area contributed by atoms with Crippen LogP contribution in [0, 0.1) is 5.92 Å². The number of fused-ring (bicyclic) bond motifs is 1. The van der Waals surface area contributed by atoms with Crippen LogP contribution in [-0.2, 0) is 23.9 Å². The summed E-state index contributed by atoms with van der Waals surface area (Å²) in [6.45, 7) is 7.36. The first kappa shape index (κ1) is 28.5. The summed E-state index contributed by atoms with van der Waals surface area (Å²) < 4.78 is 11.1. The van der Waals surface area contributed by atoms with Gasteiger partial charge in [-0.3, -0.25) is 19.2 Å². The van der Waals surface area contributed by atoms with Crippen molar-refractivity contribution in [2.24, 2.45) is 5.92 Å². The van der Waals surface area contributed by atoms with Crippen molar-refractivity contribution >= 4 is 29.2 Å². The largest absolute Gasteiger partial charge is 0.378 e. The molecule has 4 aliphatic rings. The molecular formula is C30H42N4O6. The monoisotopic (exact) mass is 554 g/mol. The molecule has 0 radical (unpaired) electrons. The number of ketones is 1. The number of likely N-dealkylation sites (tertiary alicyclic amines) is 2. The molecule has 3 saturated heterocycles. The summed E-state index contributed by atoms with van der Waals surface area (Å²) in [5.41, 5.74) is 0.649. The van der Waals surface area contributed by atoms with E-state index < -0.39 is 17.7 Å². The second-order valence-corrected chi connectivity index (χ2v) is 11.9. The molecule has 40 heavy (non-hydrogen) atoms. The molecule has 1 aliphatic carbocycles. The minimum Gasteiger partial charge on any atom is -0.378 e. The van der Waals surface area contributed by atoms with Crippen LogP contribution in [0.2, 0.25) is 0 Å². The van der Waals surface area contributed by atoms with Gasteiger partial charge in [0.2, 0.25) is 5.91 Å². The Morgan fingerprint density at radius 1 is 1.05 bits per heavy atom. The number of amides is 3. The number of hydrogen-bond donors (Lipinski definition) is 1. The van der Waals surface area contributed by atoms with Crippen molar-refractivity contribution in [1.29, 1.82) is 0 Å². The number of morpholine rings is 1. The molecule has 1 N–H and O–H groups in total. The third kappa shape index (κ3) is 5.48. The average molecular weight is 555 g/mol. The zero-order valence-corrected chi connectivity index (χ0v) is 23.9. The number of benzene rings is 1. The maximum absolute atomic E-state index is 13.9. The van der Waals surface area contributed by atoms with Crippen LogP contribution in [-0.4, -0.2) is 104 Å². The first-order valence-electron chi connectivity index (χ1n) is 14.7. The second-order valence-electron chi connectivity index (χ2n) is 11.9. The number of carbonyl (C=O) groups excluding carboxylic acids is 4. The molecule has 3 amide bonds. The predicted molar refractivity (Wildman–Crippen MR) is 149 cm³/mol. The van der Waals surface area contributed by atoms with E-state index >= 15 is 0 Å². The van der Waals surface area contributed by atoms with Crippen molar-refractivity contribution in [1.82, 2.24) is 15.1 Å². The van der Waals surface area contributed by atoms with Crippen molar-refractivity contribution in [3.8, 4) is 0 Å². The topological polar surface area (TPSA) is 108 Å². The van der Waals surface area contributed by atoms with E-state index in [0.29, 0.717) is 51.0 Å². The van der Waals surface area contributed by atoms with Crippen LogP contribution in [0.5, 0.6) is 0 Å². The molecule has 10 nitrogen and oxygen atoms in total. The minimum atomic E-state index is -0.863. The van der Waals surface area contributed by atoms with Crippen LogP contribution in [0.3, 0.4) is 0 Å². The standard InChI is InChI=1S/C30H42N4O6/c1-20(2)18-23(31-27(36)21-6-8-22(9-7-21)32-14-16-40-17-15-32)28(37)33-13-10-24-26(33)25(35)19-34(24)29(38)30(39-3)11-4-5-12-30/h6-9,20,23-24,26H,4-5,10-19H2,1-3H3,(H,31,36). The zero-order chi connectivity index (χ0) is 28.4. The van der Waals surface area contributed by atoms with Gasteiger partial charge in [0.15, 0.2) is 5.78 Å². The molecular weight excluding hydrogens is 512 g/mol. The molecule has 3 heterocycles. The summed E-state index contributed by atoms with van der Waals surface area (Å²) in [4.78, 5) is 59.3. The fraction of sp³-hybridized carbons (Fsp3) is 0.667. The predicted octanol–water partition coefficient (Wildman–Crippen LogP) is 2.01. The molecule has 218 valence electrons. The number of nitrogens with zero attached hydrogens (tertiary/aromatic N) is 3. The molecule has 1 saturated carbocycles. The maximum atomic E-state index is 13.9. The molecule has 5 rings (SSSR count). The van der Waals surface area contributed by atoms with Crippen molar-refractivity contribution in [2.75, 3.05) is 51.4 Å². The van der Waals surface area contributed by atoms with E-state index in [2.05, 4.69) is 10.2 Å². The highest BCUT2D eigenvalue weighted by Gasteiger charge is 2.56. The van der Waals surface area contributed by atoms with Crippen LogP contribution in [0.1, 0.15) is 62.7 Å². The lowest BCUT2D eigenvalue weighted by molar-refractivity contribution is -0.155. The highest BCUT2D eigenvalue weighted by molar-refractivity contribution is 6.01. The smallest absolute Gasteiger partial charge is 0.255 e. The van der Waals surface area contributed by atoms with Crippen molar-refractivity contribution in [2.45, 2.75) is 76.1 Å². The van der Waals surface area contributed by atoms with Crippen molar-refractivity contribution < 1.29 is 28.7 Å². The number of Topliss-reactive ketones (excluding diaryl/α,β-unsaturated/α-hetero) is 1. The summed E-state index contributed by atoms with van der Waals surface area (Å²) in [6, 6.07) is 5.62. The Kier molecular flexibility index (Phi) is 8.47. The summed E-state index contributed by atoms with van der Waals surface area (Å²) in [6.07, 6.45) is 4.15. The van der Waals surface area contributed by atoms with Gasteiger partial charge in [0.25, 0.3) is 11.8 Å². The molecule has 3 aliphatic heterocycles. The molecule has 3 unspecified atom stereocenters. The molecule has 1 aromatic carbocycles. The van der Waals surface area contributed by atoms with Crippen LogP contribution >= 0.6 is 0 Å². The van der Waals surface area contributed by atoms with Gasteiger partial charge in [-0.2, -0.15) is 0 Å². The second kappa shape index (κ2) is 11.9. The van der Waals surface area contributed by atoms with E-state index in [1.807, 2.05) is 26.0 Å². The van der Waals surface area contributed by atoms with Gasteiger partial charge in [0.05, 0.1) is 25.8 Å². The van der Waals surface area contributed by atoms with Gasteiger partial charge >= 0.3 is 0 Å². The average Bonchev–Trinajstić information content (AvgIpc) is 3.70. The first-order valence-corrected chi connectivity index (χ1v) is 14.7. The lowest BCUT2D eigenvalue weighted by atomic mass is 9.99. The van der Waals surface area contributed by atoms with Gasteiger partial charge in [0.1, 0.15) is 17.7 Å². The van der Waals surface area contributed by atoms with Gasteiger partial charge in [-0.25, -0.2) is 0 Å². The van der Waals surface area contributed by atoms with Gasteiger partial charge in [-0.15, -0.1) is 0 Å². The summed E-state index contributed by atoms with van der Waals surface area (Å²) in [7, 11) is 1.57. The lowest BCUT2D eigenvalue weighted by Crippen LogP contribution is -2.53. The third-order valence-electron chi connectivity index (χ3n) is 8.97. The van der Waals surface area contributed by atoms with E-state index in [0.717, 1.165) is 31.6 Å². The number of rotatable bonds is 8. The fourth-order valence-corrected chi connectivity index (χ4v) is 6.83. The van der Waals surface area contributed by atoms with Gasteiger partial charge < -0.3 is 29.5 Å². The molecule has 1 aromatic rings. The van der Waals surface area contributed by atoms with Gasteiger partial charge in [-0.05, 0) is 68.7 Å². The van der Waals surface area contributed by atoms with Crippen LogP contribution < -0.4 is 10.2 Å². The van der Waals surface area contributed by atoms with Gasteiger partial charge in [-0.1, -0.05) is 13.8 Å². The third-order valence-corrected chi connectivity index (χ3v) is 8.97. The summed E-state index contributed by atoms with van der Waals surface area (Å²) in [5.74, 6) is -0.680. The van der Waals surface area contributed by atoms with Crippen LogP contribution in [0.4, 0.5) is 5.69 Å². The molecule has 0 bridgehead atoms. The zero-order valence-electron chi connectivity index (χ0n) is 23.9. The Balaban J connectivity index is 1.28. The van der Waals surface area contributed by atoms with Crippen LogP contribution in [0.15, 0.2) is 24.3 Å². The van der Waals surface area contributed by atoms with E-state index in [4.69, 9.17) is 9.47 Å². The number of nitrogens with one attached hydrogen (secondary N) is 1. The Hall–Kier alpha value is -2.98. The number of ether oxygens (including phenoxy) is 2. The highest BCUT2D eigenvalue weighted by atomic mass is 16.5. The molecule has 10 heteroatoms. The Labute approximate surface area is 236 Å².